The highest BCUT2D eigenvalue weighted by atomic mass is 79.9. The third-order valence-electron chi connectivity index (χ3n) is 3.47. The minimum absolute atomic E-state index is 0.0754. The summed E-state index contributed by atoms with van der Waals surface area (Å²) in [7, 11) is 3.67. The topological polar surface area (TPSA) is 21.3 Å². The van der Waals surface area contributed by atoms with E-state index < -0.39 is 0 Å². The molecule has 4 heteroatoms. The first-order chi connectivity index (χ1) is 10.2. The monoisotopic (exact) mass is 367 g/mol. The summed E-state index contributed by atoms with van der Waals surface area (Å²) in [4.78, 5) is 0. The molecule has 21 heavy (non-hydrogen) atoms. The maximum atomic E-state index is 6.34. The van der Waals surface area contributed by atoms with E-state index in [1.54, 1.807) is 7.11 Å². The van der Waals surface area contributed by atoms with Crippen LogP contribution in [0.25, 0.3) is 0 Å². The van der Waals surface area contributed by atoms with Gasteiger partial charge in [0.25, 0.3) is 0 Å². The molecule has 0 spiro atoms. The van der Waals surface area contributed by atoms with Crippen LogP contribution in [0.1, 0.15) is 22.7 Å². The lowest BCUT2D eigenvalue weighted by Gasteiger charge is -2.19. The molecule has 2 nitrogen and oxygen atoms in total. The second-order valence-corrected chi connectivity index (χ2v) is 6.19. The van der Waals surface area contributed by atoms with Gasteiger partial charge in [0.2, 0.25) is 0 Å². The van der Waals surface area contributed by atoms with Gasteiger partial charge in [0.1, 0.15) is 0 Å². The smallest absolute Gasteiger partial charge is 0.0589 e. The molecule has 0 aliphatic heterocycles. The summed E-state index contributed by atoms with van der Waals surface area (Å²) < 4.78 is 6.13. The molecular formula is C17H19BrClNO. The lowest BCUT2D eigenvalue weighted by Crippen LogP contribution is -2.18. The van der Waals surface area contributed by atoms with Gasteiger partial charge in [0.05, 0.1) is 12.6 Å². The molecule has 2 aromatic carbocycles. The SMILES string of the molecule is CNC(c1ccc(CCOC)cc1)c1cc(Br)ccc1Cl. The summed E-state index contributed by atoms with van der Waals surface area (Å²) in [6, 6.07) is 14.6. The fraction of sp³-hybridized carbons (Fsp3) is 0.294. The zero-order chi connectivity index (χ0) is 15.2. The molecular weight excluding hydrogens is 350 g/mol. The van der Waals surface area contributed by atoms with Crippen LogP contribution in [-0.4, -0.2) is 20.8 Å². The highest BCUT2D eigenvalue weighted by molar-refractivity contribution is 9.10. The van der Waals surface area contributed by atoms with Gasteiger partial charge < -0.3 is 10.1 Å². The van der Waals surface area contributed by atoms with Crippen molar-refractivity contribution in [2.24, 2.45) is 0 Å². The van der Waals surface area contributed by atoms with Crippen LogP contribution in [0.15, 0.2) is 46.9 Å². The average Bonchev–Trinajstić information content (AvgIpc) is 2.50. The van der Waals surface area contributed by atoms with Gasteiger partial charge in [0, 0.05) is 16.6 Å². The zero-order valence-corrected chi connectivity index (χ0v) is 14.5. The minimum Gasteiger partial charge on any atom is -0.384 e. The lowest BCUT2D eigenvalue weighted by molar-refractivity contribution is 0.202. The van der Waals surface area contributed by atoms with E-state index in [2.05, 4.69) is 51.6 Å². The highest BCUT2D eigenvalue weighted by Crippen LogP contribution is 2.30. The zero-order valence-electron chi connectivity index (χ0n) is 12.2. The van der Waals surface area contributed by atoms with Crippen LogP contribution in [0.4, 0.5) is 0 Å². The van der Waals surface area contributed by atoms with Crippen molar-refractivity contribution in [1.82, 2.24) is 5.32 Å². The van der Waals surface area contributed by atoms with Crippen molar-refractivity contribution in [2.75, 3.05) is 20.8 Å². The summed E-state index contributed by atoms with van der Waals surface area (Å²) in [6.45, 7) is 0.742. The Bertz CT molecular complexity index is 586. The maximum Gasteiger partial charge on any atom is 0.0589 e. The van der Waals surface area contributed by atoms with Gasteiger partial charge in [-0.3, -0.25) is 0 Å². The van der Waals surface area contributed by atoms with E-state index in [0.29, 0.717) is 0 Å². The predicted molar refractivity (Wildman–Crippen MR) is 92.1 cm³/mol. The van der Waals surface area contributed by atoms with Gasteiger partial charge in [-0.15, -0.1) is 0 Å². The largest absolute Gasteiger partial charge is 0.384 e. The Morgan fingerprint density at radius 2 is 1.90 bits per heavy atom. The molecule has 112 valence electrons. The van der Waals surface area contributed by atoms with Crippen molar-refractivity contribution in [3.05, 3.63) is 68.7 Å². The van der Waals surface area contributed by atoms with Gasteiger partial charge in [-0.2, -0.15) is 0 Å². The molecule has 0 radical (unpaired) electrons. The molecule has 0 bridgehead atoms. The number of ether oxygens (including phenoxy) is 1. The first-order valence-electron chi connectivity index (χ1n) is 6.85. The second-order valence-electron chi connectivity index (χ2n) is 4.87. The van der Waals surface area contributed by atoms with Crippen LogP contribution in [0.5, 0.6) is 0 Å². The van der Waals surface area contributed by atoms with Crippen molar-refractivity contribution in [3.8, 4) is 0 Å². The average molecular weight is 369 g/mol. The number of benzene rings is 2. The van der Waals surface area contributed by atoms with Gasteiger partial charge >= 0.3 is 0 Å². The number of nitrogens with one attached hydrogen (secondary N) is 1. The van der Waals surface area contributed by atoms with Crippen LogP contribution in [0.2, 0.25) is 5.02 Å². The molecule has 1 N–H and O–H groups in total. The molecule has 0 amide bonds. The van der Waals surface area contributed by atoms with Crippen LogP contribution in [0, 0.1) is 0 Å². The molecule has 0 saturated carbocycles. The molecule has 0 saturated heterocycles. The predicted octanol–water partition coefficient (Wildman–Crippen LogP) is 4.60. The minimum atomic E-state index is 0.0754. The molecule has 0 aromatic heterocycles. The molecule has 2 aromatic rings. The summed E-state index contributed by atoms with van der Waals surface area (Å²) in [6.07, 6.45) is 0.929. The second kappa shape index (κ2) is 7.95. The van der Waals surface area contributed by atoms with Gasteiger partial charge in [-0.05, 0) is 48.4 Å². The Labute approximate surface area is 139 Å². The Kier molecular flexibility index (Phi) is 6.24. The van der Waals surface area contributed by atoms with Crippen molar-refractivity contribution >= 4 is 27.5 Å². The molecule has 0 aliphatic carbocycles. The Balaban J connectivity index is 2.26. The van der Waals surface area contributed by atoms with E-state index in [1.165, 1.54) is 11.1 Å². The van der Waals surface area contributed by atoms with Crippen molar-refractivity contribution in [2.45, 2.75) is 12.5 Å². The van der Waals surface area contributed by atoms with Gasteiger partial charge in [-0.25, -0.2) is 0 Å². The van der Waals surface area contributed by atoms with Crippen LogP contribution < -0.4 is 5.32 Å². The van der Waals surface area contributed by atoms with E-state index in [9.17, 15) is 0 Å². The molecule has 0 fully saturated rings. The number of methoxy groups -OCH3 is 1. The van der Waals surface area contributed by atoms with Crippen LogP contribution in [0.3, 0.4) is 0 Å². The summed E-state index contributed by atoms with van der Waals surface area (Å²) >= 11 is 9.85. The molecule has 0 heterocycles. The van der Waals surface area contributed by atoms with E-state index in [0.717, 1.165) is 28.1 Å². The van der Waals surface area contributed by atoms with Crippen molar-refractivity contribution < 1.29 is 4.74 Å². The number of hydrogen-bond donors (Lipinski definition) is 1. The Morgan fingerprint density at radius 3 is 2.52 bits per heavy atom. The Hall–Kier alpha value is -0.870. The quantitative estimate of drug-likeness (QED) is 0.804. The standard InChI is InChI=1S/C17H19BrClNO/c1-20-17(15-11-14(18)7-8-16(15)19)13-5-3-12(4-6-13)9-10-21-2/h3-8,11,17,20H,9-10H2,1-2H3. The van der Waals surface area contributed by atoms with E-state index >= 15 is 0 Å². The molecule has 1 atom stereocenters. The fourth-order valence-corrected chi connectivity index (χ4v) is 2.94. The van der Waals surface area contributed by atoms with Crippen molar-refractivity contribution in [3.63, 3.8) is 0 Å². The van der Waals surface area contributed by atoms with Gasteiger partial charge in [0.15, 0.2) is 0 Å². The number of hydrogen-bond acceptors (Lipinski definition) is 2. The Morgan fingerprint density at radius 1 is 1.19 bits per heavy atom. The molecule has 0 aliphatic rings. The van der Waals surface area contributed by atoms with E-state index in [4.69, 9.17) is 16.3 Å². The van der Waals surface area contributed by atoms with Crippen molar-refractivity contribution in [1.29, 1.82) is 0 Å². The highest BCUT2D eigenvalue weighted by Gasteiger charge is 2.15. The number of rotatable bonds is 6. The lowest BCUT2D eigenvalue weighted by atomic mass is 9.97. The third kappa shape index (κ3) is 4.30. The first kappa shape index (κ1) is 16.5. The normalized spacial score (nSPS) is 12.4. The van der Waals surface area contributed by atoms with Gasteiger partial charge in [-0.1, -0.05) is 51.8 Å². The molecule has 1 unspecified atom stereocenters. The van der Waals surface area contributed by atoms with E-state index in [1.807, 2.05) is 19.2 Å². The van der Waals surface area contributed by atoms with E-state index in [-0.39, 0.29) is 6.04 Å². The molecule has 2 rings (SSSR count). The fourth-order valence-electron chi connectivity index (χ4n) is 2.33. The van der Waals surface area contributed by atoms with Crippen LogP contribution >= 0.6 is 27.5 Å². The summed E-state index contributed by atoms with van der Waals surface area (Å²) in [5.74, 6) is 0. The van der Waals surface area contributed by atoms with Crippen LogP contribution in [-0.2, 0) is 11.2 Å². The first-order valence-corrected chi connectivity index (χ1v) is 8.02. The maximum absolute atomic E-state index is 6.34. The third-order valence-corrected chi connectivity index (χ3v) is 4.30. The summed E-state index contributed by atoms with van der Waals surface area (Å²) in [5.41, 5.74) is 3.53. The summed E-state index contributed by atoms with van der Waals surface area (Å²) in [5, 5.41) is 4.10. The number of halogens is 2.